The number of fused-ring (bicyclic) bond motifs is 2. The van der Waals surface area contributed by atoms with Crippen LogP contribution in [0.3, 0.4) is 0 Å². The summed E-state index contributed by atoms with van der Waals surface area (Å²) in [6, 6.07) is 14.3. The molecule has 4 rings (SSSR count). The van der Waals surface area contributed by atoms with Crippen LogP contribution >= 0.6 is 15.9 Å². The highest BCUT2D eigenvalue weighted by atomic mass is 79.9. The first-order chi connectivity index (χ1) is 11.2. The average molecular weight is 368 g/mol. The second kappa shape index (κ2) is 5.70. The van der Waals surface area contributed by atoms with Gasteiger partial charge >= 0.3 is 0 Å². The van der Waals surface area contributed by atoms with Crippen LogP contribution in [0.1, 0.15) is 17.0 Å². The van der Waals surface area contributed by atoms with Gasteiger partial charge in [0, 0.05) is 15.6 Å². The van der Waals surface area contributed by atoms with E-state index in [4.69, 9.17) is 9.47 Å². The Balaban J connectivity index is 1.82. The number of hydrogen-bond acceptors (Lipinski definition) is 3. The SMILES string of the molecule is Cc1cc2cc3c(cc2c(C=Cc2cccc(Br)c2)n1)OCO3. The molecule has 0 aliphatic carbocycles. The summed E-state index contributed by atoms with van der Waals surface area (Å²) in [6.07, 6.45) is 4.11. The molecule has 2 aromatic carbocycles. The quantitative estimate of drug-likeness (QED) is 0.623. The first-order valence-electron chi connectivity index (χ1n) is 7.34. The molecule has 23 heavy (non-hydrogen) atoms. The zero-order valence-electron chi connectivity index (χ0n) is 12.5. The van der Waals surface area contributed by atoms with Gasteiger partial charge in [0.2, 0.25) is 6.79 Å². The standard InChI is InChI=1S/C19H14BrNO2/c1-12-7-14-9-18-19(23-11-22-18)10-16(14)17(21-12)6-5-13-3-2-4-15(20)8-13/h2-10H,11H2,1H3. The summed E-state index contributed by atoms with van der Waals surface area (Å²) in [7, 11) is 0. The molecule has 114 valence electrons. The Hall–Kier alpha value is -2.33. The van der Waals surface area contributed by atoms with E-state index in [2.05, 4.69) is 45.2 Å². The summed E-state index contributed by atoms with van der Waals surface area (Å²) in [6.45, 7) is 2.28. The Morgan fingerprint density at radius 3 is 2.70 bits per heavy atom. The van der Waals surface area contributed by atoms with Gasteiger partial charge in [-0.05, 0) is 54.3 Å². The molecular weight excluding hydrogens is 354 g/mol. The molecule has 0 saturated carbocycles. The van der Waals surface area contributed by atoms with Gasteiger partial charge in [-0.3, -0.25) is 4.98 Å². The number of aryl methyl sites for hydroxylation is 1. The molecule has 0 bridgehead atoms. The Bertz CT molecular complexity index is 934. The van der Waals surface area contributed by atoms with E-state index < -0.39 is 0 Å². The molecule has 0 saturated heterocycles. The van der Waals surface area contributed by atoms with Crippen LogP contribution in [0.4, 0.5) is 0 Å². The highest BCUT2D eigenvalue weighted by Gasteiger charge is 2.15. The summed E-state index contributed by atoms with van der Waals surface area (Å²) < 4.78 is 12.0. The molecule has 3 aromatic rings. The Morgan fingerprint density at radius 1 is 1.04 bits per heavy atom. The van der Waals surface area contributed by atoms with E-state index in [-0.39, 0.29) is 6.79 Å². The molecule has 1 aliphatic heterocycles. The summed E-state index contributed by atoms with van der Waals surface area (Å²) in [5.74, 6) is 1.57. The summed E-state index contributed by atoms with van der Waals surface area (Å²) in [4.78, 5) is 4.67. The highest BCUT2D eigenvalue weighted by molar-refractivity contribution is 9.10. The monoisotopic (exact) mass is 367 g/mol. The molecule has 2 heterocycles. The lowest BCUT2D eigenvalue weighted by atomic mass is 10.1. The van der Waals surface area contributed by atoms with Gasteiger partial charge in [0.1, 0.15) is 0 Å². The average Bonchev–Trinajstić information content (AvgIpc) is 2.98. The van der Waals surface area contributed by atoms with Crippen LogP contribution in [-0.4, -0.2) is 11.8 Å². The minimum atomic E-state index is 0.279. The third-order valence-corrected chi connectivity index (χ3v) is 4.26. The van der Waals surface area contributed by atoms with Gasteiger partial charge in [0.15, 0.2) is 11.5 Å². The first-order valence-corrected chi connectivity index (χ1v) is 8.13. The van der Waals surface area contributed by atoms with Crippen molar-refractivity contribution in [2.24, 2.45) is 0 Å². The highest BCUT2D eigenvalue weighted by Crippen LogP contribution is 2.37. The van der Waals surface area contributed by atoms with Gasteiger partial charge in [0.25, 0.3) is 0 Å². The lowest BCUT2D eigenvalue weighted by Gasteiger charge is -2.06. The van der Waals surface area contributed by atoms with E-state index in [0.29, 0.717) is 0 Å². The van der Waals surface area contributed by atoms with E-state index in [9.17, 15) is 0 Å². The second-order valence-electron chi connectivity index (χ2n) is 5.46. The van der Waals surface area contributed by atoms with Gasteiger partial charge in [0.05, 0.1) is 5.69 Å². The Morgan fingerprint density at radius 2 is 1.87 bits per heavy atom. The number of hydrogen-bond donors (Lipinski definition) is 0. The summed E-state index contributed by atoms with van der Waals surface area (Å²) in [5.41, 5.74) is 3.03. The molecule has 0 fully saturated rings. The van der Waals surface area contributed by atoms with Crippen LogP contribution in [0.5, 0.6) is 11.5 Å². The van der Waals surface area contributed by atoms with Crippen molar-refractivity contribution in [3.05, 3.63) is 63.9 Å². The van der Waals surface area contributed by atoms with Crippen molar-refractivity contribution < 1.29 is 9.47 Å². The van der Waals surface area contributed by atoms with E-state index in [1.54, 1.807) is 0 Å². The van der Waals surface area contributed by atoms with Crippen LogP contribution in [0.15, 0.2) is 46.9 Å². The van der Waals surface area contributed by atoms with Crippen molar-refractivity contribution >= 4 is 38.9 Å². The van der Waals surface area contributed by atoms with Crippen molar-refractivity contribution in [1.82, 2.24) is 4.98 Å². The molecule has 0 unspecified atom stereocenters. The maximum absolute atomic E-state index is 5.49. The fourth-order valence-corrected chi connectivity index (χ4v) is 3.14. The minimum absolute atomic E-state index is 0.279. The first kappa shape index (κ1) is 14.3. The third-order valence-electron chi connectivity index (χ3n) is 3.76. The number of nitrogens with zero attached hydrogens (tertiary/aromatic N) is 1. The summed E-state index contributed by atoms with van der Waals surface area (Å²) >= 11 is 3.49. The minimum Gasteiger partial charge on any atom is -0.454 e. The molecular formula is C19H14BrNO2. The van der Waals surface area contributed by atoms with Crippen LogP contribution in [0, 0.1) is 6.92 Å². The molecule has 1 aliphatic rings. The maximum atomic E-state index is 5.49. The molecule has 1 aromatic heterocycles. The zero-order chi connectivity index (χ0) is 15.8. The van der Waals surface area contributed by atoms with Gasteiger partial charge in [-0.25, -0.2) is 0 Å². The zero-order valence-corrected chi connectivity index (χ0v) is 14.1. The fraction of sp³-hybridized carbons (Fsp3) is 0.105. The largest absolute Gasteiger partial charge is 0.454 e. The topological polar surface area (TPSA) is 31.4 Å². The molecule has 0 radical (unpaired) electrons. The van der Waals surface area contributed by atoms with E-state index in [1.165, 1.54) is 0 Å². The van der Waals surface area contributed by atoms with Crippen molar-refractivity contribution in [2.75, 3.05) is 6.79 Å². The molecule has 0 atom stereocenters. The Kier molecular flexibility index (Phi) is 3.54. The molecule has 3 nitrogen and oxygen atoms in total. The lowest BCUT2D eigenvalue weighted by molar-refractivity contribution is 0.174. The predicted molar refractivity (Wildman–Crippen MR) is 95.7 cm³/mol. The van der Waals surface area contributed by atoms with Gasteiger partial charge in [-0.15, -0.1) is 0 Å². The van der Waals surface area contributed by atoms with E-state index >= 15 is 0 Å². The third kappa shape index (κ3) is 2.82. The summed E-state index contributed by atoms with van der Waals surface area (Å²) in [5, 5.41) is 2.17. The van der Waals surface area contributed by atoms with Crippen molar-refractivity contribution in [2.45, 2.75) is 6.92 Å². The Labute approximate surface area is 142 Å². The van der Waals surface area contributed by atoms with Crippen LogP contribution in [0.2, 0.25) is 0 Å². The number of rotatable bonds is 2. The van der Waals surface area contributed by atoms with E-state index in [1.807, 2.05) is 37.3 Å². The predicted octanol–water partition coefficient (Wildman–Crippen LogP) is 5.20. The van der Waals surface area contributed by atoms with Crippen LogP contribution in [-0.2, 0) is 0 Å². The molecule has 0 amide bonds. The maximum Gasteiger partial charge on any atom is 0.231 e. The van der Waals surface area contributed by atoms with Crippen molar-refractivity contribution in [1.29, 1.82) is 0 Å². The van der Waals surface area contributed by atoms with Crippen molar-refractivity contribution in [3.63, 3.8) is 0 Å². The number of pyridine rings is 1. The normalized spacial score (nSPS) is 13.1. The second-order valence-corrected chi connectivity index (χ2v) is 6.38. The molecule has 0 spiro atoms. The van der Waals surface area contributed by atoms with Crippen LogP contribution < -0.4 is 9.47 Å². The number of halogens is 1. The number of benzene rings is 2. The smallest absolute Gasteiger partial charge is 0.231 e. The molecule has 0 N–H and O–H groups in total. The van der Waals surface area contributed by atoms with Crippen LogP contribution in [0.25, 0.3) is 22.9 Å². The molecule has 4 heteroatoms. The van der Waals surface area contributed by atoms with Gasteiger partial charge < -0.3 is 9.47 Å². The number of ether oxygens (including phenoxy) is 2. The van der Waals surface area contributed by atoms with E-state index in [0.717, 1.165) is 43.7 Å². The van der Waals surface area contributed by atoms with Gasteiger partial charge in [-0.1, -0.05) is 34.1 Å². The fourth-order valence-electron chi connectivity index (χ4n) is 2.72. The number of aromatic nitrogens is 1. The van der Waals surface area contributed by atoms with Crippen molar-refractivity contribution in [3.8, 4) is 11.5 Å². The lowest BCUT2D eigenvalue weighted by Crippen LogP contribution is -1.92. The van der Waals surface area contributed by atoms with Gasteiger partial charge in [-0.2, -0.15) is 0 Å².